The normalized spacial score (nSPS) is 26.1. The molecule has 2 aromatic carbocycles. The molecule has 0 saturated carbocycles. The SMILES string of the molecule is CO[C@H]1O[C@H](CO)[C@H](O)[C@H](OCc2cc3ccccc3oc2=NS(=O)(=O)c2ccccc2)[C@H]1O. The van der Waals surface area contributed by atoms with E-state index in [1.165, 1.54) is 19.2 Å². The minimum atomic E-state index is -4.09. The Labute approximate surface area is 195 Å². The molecule has 1 aliphatic heterocycles. The molecule has 0 unspecified atom stereocenters. The summed E-state index contributed by atoms with van der Waals surface area (Å²) in [5.41, 5.74) is 0.499. The predicted octanol–water partition coefficient (Wildman–Crippen LogP) is 0.693. The maximum absolute atomic E-state index is 12.9. The Morgan fingerprint density at radius 3 is 2.44 bits per heavy atom. The number of fused-ring (bicyclic) bond motifs is 1. The average Bonchev–Trinajstić information content (AvgIpc) is 2.84. The number of benzene rings is 2. The first-order chi connectivity index (χ1) is 16.3. The smallest absolute Gasteiger partial charge is 0.285 e. The molecule has 0 amide bonds. The van der Waals surface area contributed by atoms with Gasteiger partial charge in [-0.05, 0) is 24.3 Å². The summed E-state index contributed by atoms with van der Waals surface area (Å²) in [6.45, 7) is -0.778. The Morgan fingerprint density at radius 1 is 1.03 bits per heavy atom. The molecular weight excluding hydrogens is 466 g/mol. The lowest BCUT2D eigenvalue weighted by molar-refractivity contribution is -0.303. The van der Waals surface area contributed by atoms with Gasteiger partial charge in [0.05, 0.1) is 18.1 Å². The van der Waals surface area contributed by atoms with Crippen molar-refractivity contribution in [3.05, 3.63) is 71.8 Å². The van der Waals surface area contributed by atoms with Crippen molar-refractivity contribution in [3.8, 4) is 0 Å². The minimum Gasteiger partial charge on any atom is -0.437 e. The van der Waals surface area contributed by atoms with Crippen molar-refractivity contribution in [2.45, 2.75) is 42.2 Å². The van der Waals surface area contributed by atoms with E-state index in [1.807, 2.05) is 0 Å². The number of para-hydroxylation sites is 1. The third kappa shape index (κ3) is 5.05. The largest absolute Gasteiger partial charge is 0.437 e. The topological polar surface area (TPSA) is 148 Å². The highest BCUT2D eigenvalue weighted by Crippen LogP contribution is 2.25. The lowest BCUT2D eigenvalue weighted by Crippen LogP contribution is -2.59. The van der Waals surface area contributed by atoms with Gasteiger partial charge in [-0.15, -0.1) is 4.40 Å². The van der Waals surface area contributed by atoms with Gasteiger partial charge in [-0.1, -0.05) is 36.4 Å². The number of aliphatic hydroxyl groups is 3. The zero-order valence-corrected chi connectivity index (χ0v) is 19.0. The molecule has 1 fully saturated rings. The molecule has 2 heterocycles. The molecule has 0 aliphatic carbocycles. The summed E-state index contributed by atoms with van der Waals surface area (Å²) in [6, 6.07) is 16.4. The third-order valence-electron chi connectivity index (χ3n) is 5.46. The lowest BCUT2D eigenvalue weighted by atomic mass is 9.99. The van der Waals surface area contributed by atoms with Crippen molar-refractivity contribution in [1.82, 2.24) is 0 Å². The van der Waals surface area contributed by atoms with E-state index >= 15 is 0 Å². The molecule has 1 aromatic heterocycles. The van der Waals surface area contributed by atoms with Crippen molar-refractivity contribution < 1.29 is 42.4 Å². The second-order valence-corrected chi connectivity index (χ2v) is 9.32. The van der Waals surface area contributed by atoms with Gasteiger partial charge in [0.15, 0.2) is 6.29 Å². The van der Waals surface area contributed by atoms with E-state index in [4.69, 9.17) is 18.6 Å². The highest BCUT2D eigenvalue weighted by molar-refractivity contribution is 7.90. The summed E-state index contributed by atoms with van der Waals surface area (Å²) < 4.78 is 51.6. The first-order valence-corrected chi connectivity index (χ1v) is 11.9. The Bertz CT molecular complexity index is 1280. The van der Waals surface area contributed by atoms with Gasteiger partial charge < -0.3 is 33.9 Å². The molecule has 4 rings (SSSR count). The molecule has 0 radical (unpaired) electrons. The zero-order chi connectivity index (χ0) is 24.3. The molecule has 182 valence electrons. The predicted molar refractivity (Wildman–Crippen MR) is 119 cm³/mol. The second kappa shape index (κ2) is 10.3. The van der Waals surface area contributed by atoms with Crippen LogP contribution in [-0.2, 0) is 30.8 Å². The molecule has 5 atom stereocenters. The molecule has 10 nitrogen and oxygen atoms in total. The van der Waals surface area contributed by atoms with Crippen LogP contribution in [0, 0.1) is 0 Å². The summed E-state index contributed by atoms with van der Waals surface area (Å²) in [5, 5.41) is 31.2. The fraction of sp³-hybridized carbons (Fsp3) is 0.348. The molecular formula is C23H25NO9S. The van der Waals surface area contributed by atoms with Crippen molar-refractivity contribution in [2.24, 2.45) is 4.40 Å². The van der Waals surface area contributed by atoms with Crippen molar-refractivity contribution in [3.63, 3.8) is 0 Å². The molecule has 34 heavy (non-hydrogen) atoms. The number of hydrogen-bond donors (Lipinski definition) is 3. The van der Waals surface area contributed by atoms with Gasteiger partial charge in [0.1, 0.15) is 30.0 Å². The van der Waals surface area contributed by atoms with Crippen LogP contribution in [0.5, 0.6) is 0 Å². The Hall–Kier alpha value is -2.64. The van der Waals surface area contributed by atoms with Gasteiger partial charge in [-0.2, -0.15) is 8.42 Å². The zero-order valence-electron chi connectivity index (χ0n) is 18.2. The number of hydrogen-bond acceptors (Lipinski definition) is 9. The van der Waals surface area contributed by atoms with Gasteiger partial charge in [0, 0.05) is 18.1 Å². The van der Waals surface area contributed by atoms with Crippen LogP contribution in [0.2, 0.25) is 0 Å². The number of nitrogens with zero attached hydrogens (tertiary/aromatic N) is 1. The highest BCUT2D eigenvalue weighted by atomic mass is 32.2. The first kappa shape index (κ1) is 24.5. The van der Waals surface area contributed by atoms with Crippen LogP contribution < -0.4 is 5.55 Å². The summed E-state index contributed by atoms with van der Waals surface area (Å²) in [5.74, 6) is 0. The number of rotatable bonds is 7. The summed E-state index contributed by atoms with van der Waals surface area (Å²) >= 11 is 0. The van der Waals surface area contributed by atoms with Gasteiger partial charge in [-0.25, -0.2) is 0 Å². The summed E-state index contributed by atoms with van der Waals surface area (Å²) in [6.07, 6.45) is -6.09. The van der Waals surface area contributed by atoms with Crippen LogP contribution in [-0.4, -0.2) is 68.2 Å². The lowest BCUT2D eigenvalue weighted by Gasteiger charge is -2.41. The molecule has 3 N–H and O–H groups in total. The van der Waals surface area contributed by atoms with Gasteiger partial charge in [0.25, 0.3) is 10.0 Å². The molecule has 1 saturated heterocycles. The Kier molecular flexibility index (Phi) is 7.43. The van der Waals surface area contributed by atoms with E-state index in [-0.39, 0.29) is 22.6 Å². The maximum Gasteiger partial charge on any atom is 0.285 e. The number of aliphatic hydroxyl groups excluding tert-OH is 3. The standard InChI is InChI=1S/C23H25NO9S/c1-30-23-20(27)21(19(26)18(12-25)33-23)31-13-15-11-14-7-5-6-10-17(14)32-22(15)24-34(28,29)16-8-3-2-4-9-16/h2-11,18-21,23,25-27H,12-13H2,1H3/t18-,19+,20-,21+,23+/m1/s1. The van der Waals surface area contributed by atoms with Crippen LogP contribution in [0.15, 0.2) is 74.4 Å². The first-order valence-electron chi connectivity index (χ1n) is 10.5. The molecule has 11 heteroatoms. The summed E-state index contributed by atoms with van der Waals surface area (Å²) in [7, 11) is -2.78. The fourth-order valence-corrected chi connectivity index (χ4v) is 4.66. The molecule has 0 bridgehead atoms. The maximum atomic E-state index is 12.9. The second-order valence-electron chi connectivity index (χ2n) is 7.71. The van der Waals surface area contributed by atoms with Crippen LogP contribution >= 0.6 is 0 Å². The number of sulfonamides is 1. The van der Waals surface area contributed by atoms with Crippen LogP contribution in [0.4, 0.5) is 0 Å². The van der Waals surface area contributed by atoms with E-state index in [0.29, 0.717) is 11.0 Å². The van der Waals surface area contributed by atoms with Crippen LogP contribution in [0.3, 0.4) is 0 Å². The Morgan fingerprint density at radius 2 is 1.74 bits per heavy atom. The summed E-state index contributed by atoms with van der Waals surface area (Å²) in [4.78, 5) is -0.00535. The highest BCUT2D eigenvalue weighted by Gasteiger charge is 2.45. The third-order valence-corrected chi connectivity index (χ3v) is 6.73. The van der Waals surface area contributed by atoms with Gasteiger partial charge in [0.2, 0.25) is 5.55 Å². The average molecular weight is 492 g/mol. The molecule has 0 spiro atoms. The van der Waals surface area contributed by atoms with E-state index < -0.39 is 47.3 Å². The minimum absolute atomic E-state index is 0.00535. The van der Waals surface area contributed by atoms with E-state index in [0.717, 1.165) is 0 Å². The van der Waals surface area contributed by atoms with Crippen molar-refractivity contribution >= 4 is 21.0 Å². The van der Waals surface area contributed by atoms with Gasteiger partial charge >= 0.3 is 0 Å². The number of ether oxygens (including phenoxy) is 3. The van der Waals surface area contributed by atoms with Gasteiger partial charge in [-0.3, -0.25) is 0 Å². The van der Waals surface area contributed by atoms with Crippen LogP contribution in [0.25, 0.3) is 11.0 Å². The van der Waals surface area contributed by atoms with Crippen molar-refractivity contribution in [1.29, 1.82) is 0 Å². The number of methoxy groups -OCH3 is 1. The van der Waals surface area contributed by atoms with Crippen molar-refractivity contribution in [2.75, 3.05) is 13.7 Å². The molecule has 3 aromatic rings. The Balaban J connectivity index is 1.72. The van der Waals surface area contributed by atoms with E-state index in [1.54, 1.807) is 48.5 Å². The molecule has 1 aliphatic rings. The van der Waals surface area contributed by atoms with Crippen LogP contribution in [0.1, 0.15) is 5.56 Å². The quantitative estimate of drug-likeness (QED) is 0.434. The fourth-order valence-electron chi connectivity index (χ4n) is 3.68. The van der Waals surface area contributed by atoms with E-state index in [2.05, 4.69) is 4.40 Å². The van der Waals surface area contributed by atoms with E-state index in [9.17, 15) is 23.7 Å². The monoisotopic (exact) mass is 491 g/mol.